The highest BCUT2D eigenvalue weighted by atomic mass is 15.1. The van der Waals surface area contributed by atoms with Gasteiger partial charge in [0.1, 0.15) is 0 Å². The van der Waals surface area contributed by atoms with Crippen LogP contribution < -0.4 is 4.90 Å². The Bertz CT molecular complexity index is 2420. The molecule has 0 atom stereocenters. The van der Waals surface area contributed by atoms with E-state index in [1.165, 1.54) is 102 Å². The van der Waals surface area contributed by atoms with E-state index < -0.39 is 0 Å². The van der Waals surface area contributed by atoms with Gasteiger partial charge in [0.15, 0.2) is 0 Å². The molecule has 0 fully saturated rings. The minimum absolute atomic E-state index is 0.0423. The normalized spacial score (nSPS) is 17.8. The number of benzene rings is 6. The summed E-state index contributed by atoms with van der Waals surface area (Å²) in [6, 6.07) is 46.3. The quantitative estimate of drug-likeness (QED) is 0.179. The minimum atomic E-state index is -0.128. The van der Waals surface area contributed by atoms with Crippen molar-refractivity contribution in [1.29, 1.82) is 0 Å². The summed E-state index contributed by atoms with van der Waals surface area (Å²) in [6.45, 7) is 21.8. The predicted octanol–water partition coefficient (Wildman–Crippen LogP) is 14.1. The highest BCUT2D eigenvalue weighted by Gasteiger charge is 2.42. The smallest absolute Gasteiger partial charge is 0.0543 e. The van der Waals surface area contributed by atoms with E-state index in [9.17, 15) is 0 Å². The summed E-state index contributed by atoms with van der Waals surface area (Å²) in [4.78, 5) is 2.56. The van der Waals surface area contributed by atoms with Gasteiger partial charge >= 0.3 is 0 Å². The first-order valence-corrected chi connectivity index (χ1v) is 19.2. The van der Waals surface area contributed by atoms with Crippen molar-refractivity contribution in [3.8, 4) is 33.4 Å². The first-order chi connectivity index (χ1) is 24.7. The average molecular weight is 678 g/mol. The van der Waals surface area contributed by atoms with Crippen LogP contribution in [0.3, 0.4) is 0 Å². The van der Waals surface area contributed by atoms with Gasteiger partial charge in [-0.1, -0.05) is 140 Å². The van der Waals surface area contributed by atoms with Crippen LogP contribution in [0.1, 0.15) is 107 Å². The van der Waals surface area contributed by atoms with Crippen molar-refractivity contribution in [2.24, 2.45) is 0 Å². The molecule has 0 N–H and O–H groups in total. The molecule has 0 saturated heterocycles. The molecule has 9 rings (SSSR count). The van der Waals surface area contributed by atoms with Gasteiger partial charge < -0.3 is 4.90 Å². The third-order valence-electron chi connectivity index (χ3n) is 13.2. The maximum Gasteiger partial charge on any atom is 0.0543 e. The Hall–Kier alpha value is -4.88. The zero-order chi connectivity index (χ0) is 36.4. The fraction of sp³-hybridized carbons (Fsp3) is 0.294. The van der Waals surface area contributed by atoms with E-state index in [1.54, 1.807) is 0 Å². The Morgan fingerprint density at radius 1 is 0.404 bits per heavy atom. The highest BCUT2D eigenvalue weighted by molar-refractivity contribution is 5.96. The molecule has 0 radical (unpaired) electrons. The van der Waals surface area contributed by atoms with Crippen molar-refractivity contribution >= 4 is 17.1 Å². The molecule has 6 aromatic rings. The van der Waals surface area contributed by atoms with Crippen molar-refractivity contribution in [3.05, 3.63) is 160 Å². The fourth-order valence-electron chi connectivity index (χ4n) is 10.4. The van der Waals surface area contributed by atoms with Crippen LogP contribution in [0.15, 0.2) is 121 Å². The lowest BCUT2D eigenvalue weighted by molar-refractivity contribution is 0.331. The molecule has 0 saturated carbocycles. The SMILES string of the molecule is Cc1ccc(-c2cc3c(cc2N(c2ccccc2)c2ccc4c(c2)C(C)(C)c2ccccc2-4)C(C)(C)c2ccccc2-3)c2c1C(C)(C)CCC2(C)C. The zero-order valence-electron chi connectivity index (χ0n) is 32.4. The van der Waals surface area contributed by atoms with E-state index in [1.807, 2.05) is 0 Å². The second-order valence-corrected chi connectivity index (χ2v) is 18.1. The summed E-state index contributed by atoms with van der Waals surface area (Å²) in [5.74, 6) is 0. The van der Waals surface area contributed by atoms with E-state index in [4.69, 9.17) is 0 Å². The molecule has 0 aromatic heterocycles. The molecular weight excluding hydrogens is 627 g/mol. The van der Waals surface area contributed by atoms with Crippen LogP contribution >= 0.6 is 0 Å². The lowest BCUT2D eigenvalue weighted by Gasteiger charge is -2.44. The number of hydrogen-bond donors (Lipinski definition) is 0. The molecular formula is C51H51N. The summed E-state index contributed by atoms with van der Waals surface area (Å²) >= 11 is 0. The molecule has 52 heavy (non-hydrogen) atoms. The van der Waals surface area contributed by atoms with Gasteiger partial charge in [-0.05, 0) is 134 Å². The number of aryl methyl sites for hydroxylation is 1. The molecule has 260 valence electrons. The van der Waals surface area contributed by atoms with Crippen LogP contribution in [0.5, 0.6) is 0 Å². The molecule has 1 heteroatoms. The van der Waals surface area contributed by atoms with Crippen molar-refractivity contribution in [1.82, 2.24) is 0 Å². The Labute approximate surface area is 311 Å². The molecule has 1 nitrogen and oxygen atoms in total. The van der Waals surface area contributed by atoms with Gasteiger partial charge in [-0.15, -0.1) is 0 Å². The Balaban J connectivity index is 1.38. The van der Waals surface area contributed by atoms with Crippen LogP contribution in [0.2, 0.25) is 0 Å². The molecule has 6 aromatic carbocycles. The highest BCUT2D eigenvalue weighted by Crippen LogP contribution is 2.57. The fourth-order valence-corrected chi connectivity index (χ4v) is 10.4. The van der Waals surface area contributed by atoms with Crippen molar-refractivity contribution in [3.63, 3.8) is 0 Å². The molecule has 0 heterocycles. The first-order valence-electron chi connectivity index (χ1n) is 19.2. The molecule has 3 aliphatic rings. The Morgan fingerprint density at radius 3 is 1.58 bits per heavy atom. The predicted molar refractivity (Wildman–Crippen MR) is 222 cm³/mol. The number of rotatable bonds is 4. The summed E-state index contributed by atoms with van der Waals surface area (Å²) in [7, 11) is 0. The van der Waals surface area contributed by atoms with Crippen molar-refractivity contribution in [2.45, 2.75) is 96.8 Å². The standard InChI is InChI=1S/C51H51N/c1-32-23-25-38(47-46(32)48(2,3)27-28-49(47,4)5)40-30-39-36-20-14-16-22-42(36)51(8,9)44(39)31-45(40)52(33-17-11-10-12-18-33)34-24-26-37-35-19-13-15-21-41(35)50(6,7)43(37)29-34/h10-26,29-31H,27-28H2,1-9H3. The van der Waals surface area contributed by atoms with Crippen LogP contribution in [-0.2, 0) is 21.7 Å². The topological polar surface area (TPSA) is 3.24 Å². The molecule has 3 aliphatic carbocycles. The van der Waals surface area contributed by atoms with Crippen LogP contribution in [0.4, 0.5) is 17.1 Å². The summed E-state index contributed by atoms with van der Waals surface area (Å²) in [5.41, 5.74) is 21.7. The maximum atomic E-state index is 2.56. The molecule has 0 unspecified atom stereocenters. The average Bonchev–Trinajstić information content (AvgIpc) is 3.49. The number of hydrogen-bond acceptors (Lipinski definition) is 1. The zero-order valence-corrected chi connectivity index (χ0v) is 32.4. The monoisotopic (exact) mass is 677 g/mol. The Kier molecular flexibility index (Phi) is 7.02. The van der Waals surface area contributed by atoms with Gasteiger partial charge in [0.2, 0.25) is 0 Å². The van der Waals surface area contributed by atoms with Gasteiger partial charge in [-0.2, -0.15) is 0 Å². The van der Waals surface area contributed by atoms with Gasteiger partial charge in [0, 0.05) is 27.8 Å². The molecule has 0 amide bonds. The molecule has 0 spiro atoms. The first kappa shape index (κ1) is 33.0. The van der Waals surface area contributed by atoms with Gasteiger partial charge in [0.05, 0.1) is 5.69 Å². The third kappa shape index (κ3) is 4.60. The molecule has 0 bridgehead atoms. The maximum absolute atomic E-state index is 2.56. The van der Waals surface area contributed by atoms with Crippen molar-refractivity contribution < 1.29 is 0 Å². The largest absolute Gasteiger partial charge is 0.310 e. The summed E-state index contributed by atoms with van der Waals surface area (Å²) < 4.78 is 0. The van der Waals surface area contributed by atoms with E-state index in [0.717, 1.165) is 0 Å². The van der Waals surface area contributed by atoms with E-state index in [0.29, 0.717) is 0 Å². The van der Waals surface area contributed by atoms with Crippen LogP contribution in [-0.4, -0.2) is 0 Å². The third-order valence-corrected chi connectivity index (χ3v) is 13.2. The van der Waals surface area contributed by atoms with E-state index in [2.05, 4.69) is 189 Å². The minimum Gasteiger partial charge on any atom is -0.310 e. The number of para-hydroxylation sites is 1. The van der Waals surface area contributed by atoms with Crippen molar-refractivity contribution in [2.75, 3.05) is 4.90 Å². The van der Waals surface area contributed by atoms with Gasteiger partial charge in [-0.25, -0.2) is 0 Å². The van der Waals surface area contributed by atoms with Crippen LogP contribution in [0, 0.1) is 6.92 Å². The summed E-state index contributed by atoms with van der Waals surface area (Å²) in [6.07, 6.45) is 2.36. The second kappa shape index (κ2) is 11.1. The number of fused-ring (bicyclic) bond motifs is 7. The second-order valence-electron chi connectivity index (χ2n) is 18.1. The molecule has 0 aliphatic heterocycles. The Morgan fingerprint density at radius 2 is 0.923 bits per heavy atom. The lowest BCUT2D eigenvalue weighted by Crippen LogP contribution is -2.35. The number of nitrogens with zero attached hydrogens (tertiary/aromatic N) is 1. The van der Waals surface area contributed by atoms with Crippen LogP contribution in [0.25, 0.3) is 33.4 Å². The number of anilines is 3. The van der Waals surface area contributed by atoms with Gasteiger partial charge in [0.25, 0.3) is 0 Å². The lowest BCUT2D eigenvalue weighted by atomic mass is 9.60. The van der Waals surface area contributed by atoms with E-state index >= 15 is 0 Å². The van der Waals surface area contributed by atoms with Gasteiger partial charge in [-0.3, -0.25) is 0 Å². The summed E-state index contributed by atoms with van der Waals surface area (Å²) in [5, 5.41) is 0. The van der Waals surface area contributed by atoms with E-state index in [-0.39, 0.29) is 21.7 Å².